The smallest absolute Gasteiger partial charge is 0.270 e. The lowest BCUT2D eigenvalue weighted by atomic mass is 10.0. The molecule has 5 N–H and O–H groups in total. The van der Waals surface area contributed by atoms with Crippen molar-refractivity contribution < 1.29 is 4.79 Å². The molecule has 0 spiro atoms. The minimum atomic E-state index is -0.853. The average molecular weight is 345 g/mol. The van der Waals surface area contributed by atoms with Crippen molar-refractivity contribution in [2.75, 3.05) is 5.32 Å². The van der Waals surface area contributed by atoms with E-state index in [1.54, 1.807) is 0 Å². The predicted molar refractivity (Wildman–Crippen MR) is 96.6 cm³/mol. The molecule has 0 aliphatic carbocycles. The largest absolute Gasteiger partial charge is 0.332 e. The Labute approximate surface area is 142 Å². The van der Waals surface area contributed by atoms with Gasteiger partial charge in [-0.05, 0) is 25.2 Å². The summed E-state index contributed by atoms with van der Waals surface area (Å²) < 4.78 is 0. The number of aliphatic imine (C=N–C) groups is 1. The number of nitrogens with two attached hydrogens (primary N) is 1. The number of anilines is 1. The first-order chi connectivity index (χ1) is 11.1. The maximum Gasteiger partial charge on any atom is 0.270 e. The maximum atomic E-state index is 12.4. The van der Waals surface area contributed by atoms with Gasteiger partial charge in [-0.3, -0.25) is 4.79 Å². The molecule has 0 saturated carbocycles. The van der Waals surface area contributed by atoms with Crippen molar-refractivity contribution in [1.29, 1.82) is 0 Å². The van der Waals surface area contributed by atoms with Crippen molar-refractivity contribution >= 4 is 45.3 Å². The monoisotopic (exact) mass is 345 g/mol. The van der Waals surface area contributed by atoms with Crippen LogP contribution in [0.3, 0.4) is 0 Å². The van der Waals surface area contributed by atoms with E-state index in [1.807, 2.05) is 43.3 Å². The van der Waals surface area contributed by atoms with Crippen LogP contribution in [0.5, 0.6) is 0 Å². The molecule has 1 atom stereocenters. The summed E-state index contributed by atoms with van der Waals surface area (Å²) in [6, 6.07) is 11.8. The van der Waals surface area contributed by atoms with E-state index >= 15 is 0 Å². The van der Waals surface area contributed by atoms with Crippen LogP contribution in [0.4, 0.5) is 5.00 Å². The molecule has 1 aliphatic heterocycles. The van der Waals surface area contributed by atoms with E-state index in [1.165, 1.54) is 11.3 Å². The molecule has 8 heteroatoms. The zero-order chi connectivity index (χ0) is 16.4. The first-order valence-electron chi connectivity index (χ1n) is 6.90. The van der Waals surface area contributed by atoms with Gasteiger partial charge in [-0.25, -0.2) is 10.8 Å². The number of carbonyl (C=O) groups is 1. The van der Waals surface area contributed by atoms with Crippen molar-refractivity contribution in [3.63, 3.8) is 0 Å². The highest BCUT2D eigenvalue weighted by atomic mass is 32.1. The molecular weight excluding hydrogens is 330 g/mol. The molecule has 6 nitrogen and oxygen atoms in total. The lowest BCUT2D eigenvalue weighted by Gasteiger charge is -2.14. The molecule has 23 heavy (non-hydrogen) atoms. The number of hydrazine groups is 1. The molecule has 3 rings (SSSR count). The Morgan fingerprint density at radius 2 is 2.13 bits per heavy atom. The molecule has 1 aromatic heterocycles. The molecule has 0 saturated heterocycles. The van der Waals surface area contributed by atoms with E-state index in [-0.39, 0.29) is 11.0 Å². The highest BCUT2D eigenvalue weighted by Gasteiger charge is 2.27. The zero-order valence-electron chi connectivity index (χ0n) is 12.3. The van der Waals surface area contributed by atoms with Crippen LogP contribution < -0.4 is 21.9 Å². The molecule has 1 aliphatic rings. The van der Waals surface area contributed by atoms with E-state index in [2.05, 4.69) is 21.1 Å². The summed E-state index contributed by atoms with van der Waals surface area (Å²) >= 11 is 6.50. The fraction of sp³-hybridized carbons (Fsp3) is 0.133. The third-order valence-corrected chi connectivity index (χ3v) is 4.50. The second kappa shape index (κ2) is 6.45. The van der Waals surface area contributed by atoms with Gasteiger partial charge in [0.05, 0.1) is 5.71 Å². The van der Waals surface area contributed by atoms with Crippen LogP contribution in [0.25, 0.3) is 0 Å². The number of aryl methyl sites for hydroxylation is 1. The summed E-state index contributed by atoms with van der Waals surface area (Å²) in [5.41, 5.74) is 4.88. The number of hydrogen-bond donors (Lipinski definition) is 4. The zero-order valence-corrected chi connectivity index (χ0v) is 13.9. The molecule has 118 valence electrons. The van der Waals surface area contributed by atoms with Gasteiger partial charge in [0.1, 0.15) is 5.00 Å². The number of amides is 1. The summed E-state index contributed by atoms with van der Waals surface area (Å²) in [4.78, 5) is 18.1. The van der Waals surface area contributed by atoms with Crippen molar-refractivity contribution in [2.24, 2.45) is 10.8 Å². The Morgan fingerprint density at radius 3 is 2.83 bits per heavy atom. The number of benzene rings is 1. The summed E-state index contributed by atoms with van der Waals surface area (Å²) in [7, 11) is 0. The molecule has 1 unspecified atom stereocenters. The number of nitrogens with one attached hydrogen (secondary N) is 3. The van der Waals surface area contributed by atoms with Crippen LogP contribution in [0.15, 0.2) is 41.4 Å². The lowest BCUT2D eigenvalue weighted by molar-refractivity contribution is -0.117. The van der Waals surface area contributed by atoms with Gasteiger partial charge in [0, 0.05) is 16.0 Å². The summed E-state index contributed by atoms with van der Waals surface area (Å²) in [5, 5.41) is 6.63. The normalized spacial score (nSPS) is 16.7. The Balaban J connectivity index is 2.10. The fourth-order valence-corrected chi connectivity index (χ4v) is 3.34. The number of rotatable bonds is 2. The van der Waals surface area contributed by atoms with Gasteiger partial charge < -0.3 is 16.1 Å². The maximum absolute atomic E-state index is 12.4. The van der Waals surface area contributed by atoms with Crippen LogP contribution in [-0.4, -0.2) is 22.9 Å². The van der Waals surface area contributed by atoms with Gasteiger partial charge in [-0.2, -0.15) is 0 Å². The van der Waals surface area contributed by atoms with Gasteiger partial charge in [0.2, 0.25) is 6.17 Å². The van der Waals surface area contributed by atoms with Crippen LogP contribution in [0.2, 0.25) is 0 Å². The predicted octanol–water partition coefficient (Wildman–Crippen LogP) is 1.51. The quantitative estimate of drug-likeness (QED) is 0.376. The number of thiocarbonyl (C=S) groups is 1. The van der Waals surface area contributed by atoms with Gasteiger partial charge in [-0.1, -0.05) is 30.3 Å². The topological polar surface area (TPSA) is 91.5 Å². The minimum Gasteiger partial charge on any atom is -0.332 e. The Hall–Kier alpha value is -2.29. The summed E-state index contributed by atoms with van der Waals surface area (Å²) in [6.45, 7) is 2.00. The molecule has 1 aromatic carbocycles. The number of carbonyl (C=O) groups excluding carboxylic acids is 1. The SMILES string of the molecule is Cc1cc2c(s1)NC(=O)C(NC(=S)NN)N=C2c1ccccc1. The standard InChI is InChI=1S/C15H15N5OS2/c1-8-7-10-11(9-5-3-2-4-6-9)17-12(18-15(22)20-16)13(21)19-14(10)23-8/h2-7,12H,16H2,1H3,(H,19,21)(H2,18,20,22). The molecule has 0 radical (unpaired) electrons. The molecular formula is C15H15N5OS2. The molecule has 0 bridgehead atoms. The Bertz CT molecular complexity index is 784. The first-order valence-corrected chi connectivity index (χ1v) is 8.13. The second-order valence-electron chi connectivity index (χ2n) is 4.95. The Morgan fingerprint density at radius 1 is 1.39 bits per heavy atom. The minimum absolute atomic E-state index is 0.155. The molecule has 2 aromatic rings. The van der Waals surface area contributed by atoms with Crippen molar-refractivity contribution in [3.8, 4) is 0 Å². The third kappa shape index (κ3) is 3.24. The van der Waals surface area contributed by atoms with E-state index in [0.717, 1.165) is 26.7 Å². The van der Waals surface area contributed by atoms with Gasteiger partial charge in [0.15, 0.2) is 5.11 Å². The third-order valence-electron chi connectivity index (χ3n) is 3.30. The average Bonchev–Trinajstić information content (AvgIpc) is 2.86. The van der Waals surface area contributed by atoms with E-state index < -0.39 is 6.17 Å². The van der Waals surface area contributed by atoms with Crippen molar-refractivity contribution in [2.45, 2.75) is 13.1 Å². The fourth-order valence-electron chi connectivity index (χ4n) is 2.31. The number of nitrogens with zero attached hydrogens (tertiary/aromatic N) is 1. The summed E-state index contributed by atoms with van der Waals surface area (Å²) in [5.74, 6) is 4.99. The second-order valence-corrected chi connectivity index (χ2v) is 6.62. The molecule has 0 fully saturated rings. The van der Waals surface area contributed by atoms with Gasteiger partial charge >= 0.3 is 0 Å². The van der Waals surface area contributed by atoms with Gasteiger partial charge in [0.25, 0.3) is 5.91 Å². The van der Waals surface area contributed by atoms with Crippen molar-refractivity contribution in [3.05, 3.63) is 52.4 Å². The number of thiophene rings is 1. The first kappa shape index (κ1) is 15.6. The Kier molecular flexibility index (Phi) is 4.37. The van der Waals surface area contributed by atoms with E-state index in [0.29, 0.717) is 0 Å². The van der Waals surface area contributed by atoms with Gasteiger partial charge in [-0.15, -0.1) is 11.3 Å². The van der Waals surface area contributed by atoms with E-state index in [9.17, 15) is 4.79 Å². The number of hydrogen-bond acceptors (Lipinski definition) is 5. The van der Waals surface area contributed by atoms with Crippen LogP contribution in [-0.2, 0) is 4.79 Å². The van der Waals surface area contributed by atoms with Crippen molar-refractivity contribution in [1.82, 2.24) is 10.7 Å². The lowest BCUT2D eigenvalue weighted by Crippen LogP contribution is -2.48. The van der Waals surface area contributed by atoms with Crippen LogP contribution >= 0.6 is 23.6 Å². The highest BCUT2D eigenvalue weighted by Crippen LogP contribution is 2.32. The highest BCUT2D eigenvalue weighted by molar-refractivity contribution is 7.80. The number of fused-ring (bicyclic) bond motifs is 1. The summed E-state index contributed by atoms with van der Waals surface area (Å²) in [6.07, 6.45) is -0.853. The molecule has 1 amide bonds. The molecule has 2 heterocycles. The van der Waals surface area contributed by atoms with E-state index in [4.69, 9.17) is 18.1 Å². The van der Waals surface area contributed by atoms with Crippen LogP contribution in [0, 0.1) is 6.92 Å². The van der Waals surface area contributed by atoms with Crippen LogP contribution in [0.1, 0.15) is 16.0 Å².